The molecule has 0 unspecified atom stereocenters. The van der Waals surface area contributed by atoms with Gasteiger partial charge in [-0.05, 0) is 63.5 Å². The molecule has 0 atom stereocenters. The van der Waals surface area contributed by atoms with Crippen molar-refractivity contribution in [1.29, 1.82) is 0 Å². The molecule has 2 aromatic carbocycles. The molecule has 0 aliphatic carbocycles. The number of hydrogen-bond acceptors (Lipinski definition) is 6. The van der Waals surface area contributed by atoms with Crippen LogP contribution in [0.3, 0.4) is 0 Å². The summed E-state index contributed by atoms with van der Waals surface area (Å²) < 4.78 is 5.89. The van der Waals surface area contributed by atoms with Gasteiger partial charge in [-0.1, -0.05) is 30.3 Å². The van der Waals surface area contributed by atoms with Gasteiger partial charge in [0.1, 0.15) is 5.75 Å². The summed E-state index contributed by atoms with van der Waals surface area (Å²) in [5.41, 5.74) is 11.2. The fraction of sp³-hybridized carbons (Fsp3) is 0.333. The predicted octanol–water partition coefficient (Wildman–Crippen LogP) is 5.94. The van der Waals surface area contributed by atoms with Crippen molar-refractivity contribution in [3.8, 4) is 17.0 Å². The topological polar surface area (TPSA) is 80.5 Å². The molecule has 4 rings (SSSR count). The summed E-state index contributed by atoms with van der Waals surface area (Å²) in [6.45, 7) is 10.5. The van der Waals surface area contributed by atoms with Crippen LogP contribution in [0.4, 0.5) is 10.8 Å². The molecule has 1 aromatic heterocycles. The maximum absolute atomic E-state index is 11.7. The first-order chi connectivity index (χ1) is 16.3. The number of rotatable bonds is 8. The Morgan fingerprint density at radius 3 is 2.47 bits per heavy atom. The Morgan fingerprint density at radius 1 is 1.12 bits per heavy atom. The molecule has 0 saturated carbocycles. The first kappa shape index (κ1) is 24.0. The SMILES string of the molecule is CC(C)Oc1ccc(C(N)=O)cc1Nc1nc(-c2ccc(C3=CCN(C(C)C)CC3)cc2)cs1. The van der Waals surface area contributed by atoms with E-state index in [1.165, 1.54) is 22.5 Å². The largest absolute Gasteiger partial charge is 0.489 e. The zero-order valence-corrected chi connectivity index (χ0v) is 21.0. The lowest BCUT2D eigenvalue weighted by atomic mass is 9.97. The van der Waals surface area contributed by atoms with E-state index in [0.29, 0.717) is 23.0 Å². The highest BCUT2D eigenvalue weighted by Gasteiger charge is 2.16. The normalized spacial score (nSPS) is 14.4. The number of carbonyl (C=O) groups excluding carboxylic acids is 1. The van der Waals surface area contributed by atoms with Gasteiger partial charge in [-0.2, -0.15) is 0 Å². The molecule has 34 heavy (non-hydrogen) atoms. The highest BCUT2D eigenvalue weighted by atomic mass is 32.1. The Hall–Kier alpha value is -3.16. The number of aromatic nitrogens is 1. The molecule has 1 amide bonds. The molecule has 0 bridgehead atoms. The van der Waals surface area contributed by atoms with Crippen molar-refractivity contribution in [2.45, 2.75) is 46.3 Å². The highest BCUT2D eigenvalue weighted by molar-refractivity contribution is 7.14. The summed E-state index contributed by atoms with van der Waals surface area (Å²) in [4.78, 5) is 18.9. The number of nitrogens with two attached hydrogens (primary N) is 1. The molecule has 0 spiro atoms. The van der Waals surface area contributed by atoms with Crippen LogP contribution in [0.25, 0.3) is 16.8 Å². The van der Waals surface area contributed by atoms with Crippen LogP contribution in [0.5, 0.6) is 5.75 Å². The summed E-state index contributed by atoms with van der Waals surface area (Å²) >= 11 is 1.51. The van der Waals surface area contributed by atoms with E-state index in [9.17, 15) is 4.79 Å². The first-order valence-electron chi connectivity index (χ1n) is 11.7. The van der Waals surface area contributed by atoms with E-state index >= 15 is 0 Å². The lowest BCUT2D eigenvalue weighted by Crippen LogP contribution is -2.34. The van der Waals surface area contributed by atoms with Crippen LogP contribution in [-0.4, -0.2) is 41.0 Å². The van der Waals surface area contributed by atoms with Crippen molar-refractivity contribution >= 4 is 33.6 Å². The number of anilines is 2. The monoisotopic (exact) mass is 476 g/mol. The van der Waals surface area contributed by atoms with Crippen LogP contribution >= 0.6 is 11.3 Å². The van der Waals surface area contributed by atoms with E-state index in [2.05, 4.69) is 54.4 Å². The van der Waals surface area contributed by atoms with Crippen LogP contribution in [0.15, 0.2) is 53.9 Å². The van der Waals surface area contributed by atoms with Crippen molar-refractivity contribution in [3.63, 3.8) is 0 Å². The second-order valence-electron chi connectivity index (χ2n) is 9.05. The number of amides is 1. The maximum atomic E-state index is 11.7. The Balaban J connectivity index is 1.50. The lowest BCUT2D eigenvalue weighted by molar-refractivity contribution is 0.100. The fourth-order valence-electron chi connectivity index (χ4n) is 3.99. The average molecular weight is 477 g/mol. The molecule has 178 valence electrons. The Kier molecular flexibility index (Phi) is 7.34. The second kappa shape index (κ2) is 10.4. The standard InChI is InChI=1S/C27H32N4O2S/c1-17(2)31-13-11-20(12-14-31)19-5-7-21(8-6-19)24-16-34-27(30-24)29-23-15-22(26(28)32)9-10-25(23)33-18(3)4/h5-11,15-18H,12-14H2,1-4H3,(H2,28,32)(H,29,30). The van der Waals surface area contributed by atoms with Crippen LogP contribution in [0, 0.1) is 0 Å². The number of hydrogen-bond donors (Lipinski definition) is 2. The predicted molar refractivity (Wildman–Crippen MR) is 141 cm³/mol. The average Bonchev–Trinajstić information content (AvgIpc) is 3.28. The van der Waals surface area contributed by atoms with Gasteiger partial charge in [0.15, 0.2) is 5.13 Å². The molecular formula is C27H32N4O2S. The van der Waals surface area contributed by atoms with Gasteiger partial charge in [-0.3, -0.25) is 9.69 Å². The van der Waals surface area contributed by atoms with Gasteiger partial charge in [-0.15, -0.1) is 11.3 Å². The maximum Gasteiger partial charge on any atom is 0.248 e. The molecule has 1 aliphatic rings. The minimum absolute atomic E-state index is 0.00178. The van der Waals surface area contributed by atoms with Crippen molar-refractivity contribution in [2.24, 2.45) is 5.73 Å². The van der Waals surface area contributed by atoms with Gasteiger partial charge >= 0.3 is 0 Å². The van der Waals surface area contributed by atoms with Gasteiger partial charge in [0.25, 0.3) is 0 Å². The van der Waals surface area contributed by atoms with E-state index in [4.69, 9.17) is 15.5 Å². The van der Waals surface area contributed by atoms with Crippen molar-refractivity contribution in [1.82, 2.24) is 9.88 Å². The first-order valence-corrected chi connectivity index (χ1v) is 12.5. The molecular weight excluding hydrogens is 444 g/mol. The van der Waals surface area contributed by atoms with E-state index in [0.717, 1.165) is 35.9 Å². The molecule has 2 heterocycles. The zero-order chi connectivity index (χ0) is 24.2. The smallest absolute Gasteiger partial charge is 0.248 e. The van der Waals surface area contributed by atoms with Gasteiger partial charge in [0.05, 0.1) is 17.5 Å². The van der Waals surface area contributed by atoms with Crippen LogP contribution in [-0.2, 0) is 0 Å². The molecule has 0 saturated heterocycles. The number of thiazole rings is 1. The highest BCUT2D eigenvalue weighted by Crippen LogP contribution is 2.33. The Morgan fingerprint density at radius 2 is 1.85 bits per heavy atom. The van der Waals surface area contributed by atoms with E-state index in [1.54, 1.807) is 18.2 Å². The molecule has 1 aliphatic heterocycles. The lowest BCUT2D eigenvalue weighted by Gasteiger charge is -2.29. The van der Waals surface area contributed by atoms with E-state index in [1.807, 2.05) is 19.2 Å². The minimum atomic E-state index is -0.482. The number of nitrogens with one attached hydrogen (secondary N) is 1. The third-order valence-electron chi connectivity index (χ3n) is 5.89. The van der Waals surface area contributed by atoms with E-state index < -0.39 is 5.91 Å². The number of carbonyl (C=O) groups is 1. The summed E-state index contributed by atoms with van der Waals surface area (Å²) in [5.74, 6) is 0.168. The second-order valence-corrected chi connectivity index (χ2v) is 9.91. The fourth-order valence-corrected chi connectivity index (χ4v) is 4.72. The molecule has 7 heteroatoms. The molecule has 6 nitrogen and oxygen atoms in total. The van der Waals surface area contributed by atoms with Crippen molar-refractivity contribution in [2.75, 3.05) is 18.4 Å². The number of benzene rings is 2. The van der Waals surface area contributed by atoms with Gasteiger partial charge in [0.2, 0.25) is 5.91 Å². The van der Waals surface area contributed by atoms with Crippen LogP contribution < -0.4 is 15.8 Å². The number of ether oxygens (including phenoxy) is 1. The van der Waals surface area contributed by atoms with Crippen molar-refractivity contribution < 1.29 is 9.53 Å². The summed E-state index contributed by atoms with van der Waals surface area (Å²) in [6, 6.07) is 14.3. The van der Waals surface area contributed by atoms with Crippen molar-refractivity contribution in [3.05, 3.63) is 65.0 Å². The van der Waals surface area contributed by atoms with E-state index in [-0.39, 0.29) is 6.10 Å². The van der Waals surface area contributed by atoms with Gasteiger partial charge < -0.3 is 15.8 Å². The number of nitrogens with zero attached hydrogens (tertiary/aromatic N) is 2. The third-order valence-corrected chi connectivity index (χ3v) is 6.65. The summed E-state index contributed by atoms with van der Waals surface area (Å²) in [7, 11) is 0. The third kappa shape index (κ3) is 5.66. The quantitative estimate of drug-likeness (QED) is 0.421. The number of primary amides is 1. The van der Waals surface area contributed by atoms with Crippen LogP contribution in [0.1, 0.15) is 50.0 Å². The van der Waals surface area contributed by atoms with Gasteiger partial charge in [0, 0.05) is 35.6 Å². The summed E-state index contributed by atoms with van der Waals surface area (Å²) in [6.07, 6.45) is 3.42. The zero-order valence-electron chi connectivity index (χ0n) is 20.2. The van der Waals surface area contributed by atoms with Crippen LogP contribution in [0.2, 0.25) is 0 Å². The molecule has 0 fully saturated rings. The molecule has 0 radical (unpaired) electrons. The minimum Gasteiger partial charge on any atom is -0.489 e. The van der Waals surface area contributed by atoms with Gasteiger partial charge in [-0.25, -0.2) is 4.98 Å². The summed E-state index contributed by atoms with van der Waals surface area (Å²) in [5, 5.41) is 6.05. The molecule has 3 aromatic rings. The Labute approximate surface area is 205 Å². The molecule has 3 N–H and O–H groups in total. The Bertz CT molecular complexity index is 1180.